The molecule has 8 heteroatoms. The Morgan fingerprint density at radius 3 is 2.59 bits per heavy atom. The average Bonchev–Trinajstić information content (AvgIpc) is 3.30. The molecule has 0 bridgehead atoms. The maximum absolute atomic E-state index is 13.4. The van der Waals surface area contributed by atoms with Crippen molar-refractivity contribution in [3.05, 3.63) is 34.9 Å². The van der Waals surface area contributed by atoms with E-state index in [9.17, 15) is 27.5 Å². The second-order valence-corrected chi connectivity index (χ2v) is 5.19. The molecule has 0 radical (unpaired) electrons. The van der Waals surface area contributed by atoms with Crippen molar-refractivity contribution in [3.8, 4) is 0 Å². The zero-order valence-electron chi connectivity index (χ0n) is 11.5. The van der Waals surface area contributed by atoms with Gasteiger partial charge in [-0.1, -0.05) is 0 Å². The summed E-state index contributed by atoms with van der Waals surface area (Å²) in [5.74, 6) is -8.13. The van der Waals surface area contributed by atoms with Gasteiger partial charge < -0.3 is 15.2 Å². The van der Waals surface area contributed by atoms with Crippen molar-refractivity contribution in [1.82, 2.24) is 5.32 Å². The quantitative estimate of drug-likeness (QED) is 0.457. The zero-order chi connectivity index (χ0) is 16.3. The van der Waals surface area contributed by atoms with Gasteiger partial charge in [0.05, 0.1) is 18.3 Å². The number of aliphatic hydroxyl groups excluding tert-OH is 1. The van der Waals surface area contributed by atoms with Crippen LogP contribution in [0.4, 0.5) is 17.6 Å². The summed E-state index contributed by atoms with van der Waals surface area (Å²) in [6, 6.07) is 0.263. The van der Waals surface area contributed by atoms with Crippen LogP contribution in [0, 0.1) is 29.2 Å². The second kappa shape index (κ2) is 7.06. The standard InChI is InChI=1S/C14H15F4NO3/c15-10-3-9(11(16)13(18)12(10)17)14(21)19-4-8(20)6-22-5-7-1-2-7/h3,7-8,20H,1-2,4-6H2,(H,19,21). The van der Waals surface area contributed by atoms with E-state index in [4.69, 9.17) is 4.74 Å². The van der Waals surface area contributed by atoms with E-state index in [2.05, 4.69) is 5.32 Å². The van der Waals surface area contributed by atoms with Crippen LogP contribution < -0.4 is 5.32 Å². The smallest absolute Gasteiger partial charge is 0.254 e. The van der Waals surface area contributed by atoms with E-state index in [1.807, 2.05) is 0 Å². The van der Waals surface area contributed by atoms with Crippen molar-refractivity contribution in [2.24, 2.45) is 5.92 Å². The Morgan fingerprint density at radius 1 is 1.27 bits per heavy atom. The summed E-state index contributed by atoms with van der Waals surface area (Å²) >= 11 is 0. The lowest BCUT2D eigenvalue weighted by Crippen LogP contribution is -2.35. The van der Waals surface area contributed by atoms with Crippen molar-refractivity contribution in [2.45, 2.75) is 18.9 Å². The first-order chi connectivity index (χ1) is 10.4. The molecule has 1 unspecified atom stereocenters. The molecule has 0 heterocycles. The van der Waals surface area contributed by atoms with Crippen LogP contribution in [0.3, 0.4) is 0 Å². The Bertz CT molecular complexity index is 564. The predicted molar refractivity (Wildman–Crippen MR) is 68.2 cm³/mol. The molecule has 1 saturated carbocycles. The molecule has 22 heavy (non-hydrogen) atoms. The van der Waals surface area contributed by atoms with E-state index in [1.165, 1.54) is 0 Å². The number of carbonyl (C=O) groups excluding carboxylic acids is 1. The van der Waals surface area contributed by atoms with Gasteiger partial charge in [0.1, 0.15) is 0 Å². The largest absolute Gasteiger partial charge is 0.389 e. The Morgan fingerprint density at radius 2 is 1.95 bits per heavy atom. The fourth-order valence-corrected chi connectivity index (χ4v) is 1.76. The molecular weight excluding hydrogens is 306 g/mol. The fraction of sp³-hybridized carbons (Fsp3) is 0.500. The Balaban J connectivity index is 1.86. The van der Waals surface area contributed by atoms with Crippen LogP contribution in [0.2, 0.25) is 0 Å². The number of amides is 1. The normalized spacial score (nSPS) is 15.7. The highest BCUT2D eigenvalue weighted by Gasteiger charge is 2.24. The summed E-state index contributed by atoms with van der Waals surface area (Å²) in [7, 11) is 0. The van der Waals surface area contributed by atoms with Crippen LogP contribution in [0.5, 0.6) is 0 Å². The summed E-state index contributed by atoms with van der Waals surface area (Å²) in [6.07, 6.45) is 1.14. The Labute approximate surface area is 124 Å². The van der Waals surface area contributed by atoms with E-state index in [1.54, 1.807) is 0 Å². The molecule has 1 amide bonds. The third-order valence-electron chi connectivity index (χ3n) is 3.21. The molecule has 1 aromatic rings. The van der Waals surface area contributed by atoms with Gasteiger partial charge in [-0.25, -0.2) is 17.6 Å². The van der Waals surface area contributed by atoms with Gasteiger partial charge in [0, 0.05) is 13.2 Å². The molecule has 122 valence electrons. The lowest BCUT2D eigenvalue weighted by atomic mass is 10.1. The average molecular weight is 321 g/mol. The molecule has 4 nitrogen and oxygen atoms in total. The number of benzene rings is 1. The van der Waals surface area contributed by atoms with Crippen LogP contribution >= 0.6 is 0 Å². The van der Waals surface area contributed by atoms with Crippen LogP contribution in [0.1, 0.15) is 23.2 Å². The molecule has 2 N–H and O–H groups in total. The minimum atomic E-state index is -2.06. The van der Waals surface area contributed by atoms with Crippen molar-refractivity contribution in [1.29, 1.82) is 0 Å². The summed E-state index contributed by atoms with van der Waals surface area (Å²) in [4.78, 5) is 11.6. The first-order valence-electron chi connectivity index (χ1n) is 6.77. The van der Waals surface area contributed by atoms with Crippen molar-refractivity contribution in [3.63, 3.8) is 0 Å². The van der Waals surface area contributed by atoms with Gasteiger partial charge in [-0.2, -0.15) is 0 Å². The number of hydrogen-bond donors (Lipinski definition) is 2. The number of halogens is 4. The fourth-order valence-electron chi connectivity index (χ4n) is 1.76. The lowest BCUT2D eigenvalue weighted by molar-refractivity contribution is 0.0320. The minimum absolute atomic E-state index is 0.0224. The summed E-state index contributed by atoms with van der Waals surface area (Å²) in [6.45, 7) is 0.211. The summed E-state index contributed by atoms with van der Waals surface area (Å²) in [5, 5.41) is 11.7. The predicted octanol–water partition coefficient (Wildman–Crippen LogP) is 1.76. The maximum atomic E-state index is 13.4. The third-order valence-corrected chi connectivity index (χ3v) is 3.21. The second-order valence-electron chi connectivity index (χ2n) is 5.19. The highest BCUT2D eigenvalue weighted by atomic mass is 19.2. The highest BCUT2D eigenvalue weighted by Crippen LogP contribution is 2.28. The number of ether oxygens (including phenoxy) is 1. The van der Waals surface area contributed by atoms with E-state index in [-0.39, 0.29) is 19.2 Å². The molecule has 0 aliphatic heterocycles. The SMILES string of the molecule is O=C(NCC(O)COCC1CC1)c1cc(F)c(F)c(F)c1F. The summed E-state index contributed by atoms with van der Waals surface area (Å²) < 4.78 is 57.4. The number of hydrogen-bond acceptors (Lipinski definition) is 3. The number of nitrogens with one attached hydrogen (secondary N) is 1. The monoisotopic (exact) mass is 321 g/mol. The number of rotatable bonds is 7. The van der Waals surface area contributed by atoms with Crippen molar-refractivity contribution in [2.75, 3.05) is 19.8 Å². The van der Waals surface area contributed by atoms with E-state index in [0.29, 0.717) is 12.5 Å². The van der Waals surface area contributed by atoms with Gasteiger partial charge in [0.25, 0.3) is 5.91 Å². The Kier molecular flexibility index (Phi) is 5.36. The van der Waals surface area contributed by atoms with Crippen LogP contribution in [0.25, 0.3) is 0 Å². The van der Waals surface area contributed by atoms with Crippen LogP contribution in [-0.2, 0) is 4.74 Å². The molecular formula is C14H15F4NO3. The molecule has 1 fully saturated rings. The molecule has 0 saturated heterocycles. The molecule has 1 atom stereocenters. The first kappa shape index (κ1) is 16.7. The van der Waals surface area contributed by atoms with Gasteiger partial charge in [0.2, 0.25) is 0 Å². The summed E-state index contributed by atoms with van der Waals surface area (Å²) in [5.41, 5.74) is -0.970. The van der Waals surface area contributed by atoms with E-state index >= 15 is 0 Å². The van der Waals surface area contributed by atoms with Gasteiger partial charge in [0.15, 0.2) is 23.3 Å². The van der Waals surface area contributed by atoms with Gasteiger partial charge in [-0.15, -0.1) is 0 Å². The maximum Gasteiger partial charge on any atom is 0.254 e. The van der Waals surface area contributed by atoms with E-state index in [0.717, 1.165) is 12.8 Å². The van der Waals surface area contributed by atoms with Crippen molar-refractivity contribution >= 4 is 5.91 Å². The number of aliphatic hydroxyl groups is 1. The van der Waals surface area contributed by atoms with Gasteiger partial charge >= 0.3 is 0 Å². The number of carbonyl (C=O) groups is 1. The van der Waals surface area contributed by atoms with Crippen LogP contribution in [-0.4, -0.2) is 36.9 Å². The molecule has 0 aromatic heterocycles. The van der Waals surface area contributed by atoms with Gasteiger partial charge in [-0.3, -0.25) is 4.79 Å². The minimum Gasteiger partial charge on any atom is -0.389 e. The van der Waals surface area contributed by atoms with Gasteiger partial charge in [-0.05, 0) is 24.8 Å². The highest BCUT2D eigenvalue weighted by molar-refractivity contribution is 5.94. The lowest BCUT2D eigenvalue weighted by Gasteiger charge is -2.13. The molecule has 0 spiro atoms. The van der Waals surface area contributed by atoms with Crippen molar-refractivity contribution < 1.29 is 32.2 Å². The first-order valence-corrected chi connectivity index (χ1v) is 6.77. The Hall–Kier alpha value is -1.67. The van der Waals surface area contributed by atoms with Crippen LogP contribution in [0.15, 0.2) is 6.07 Å². The van der Waals surface area contributed by atoms with E-state index < -0.39 is 40.8 Å². The molecule has 2 rings (SSSR count). The molecule has 1 aromatic carbocycles. The molecule has 1 aliphatic rings. The third kappa shape index (κ3) is 4.17. The zero-order valence-corrected chi connectivity index (χ0v) is 11.5. The molecule has 1 aliphatic carbocycles. The topological polar surface area (TPSA) is 58.6 Å².